The van der Waals surface area contributed by atoms with Gasteiger partial charge in [-0.3, -0.25) is 0 Å². The zero-order chi connectivity index (χ0) is 9.60. The van der Waals surface area contributed by atoms with Crippen molar-refractivity contribution in [1.29, 1.82) is 0 Å². The van der Waals surface area contributed by atoms with Gasteiger partial charge in [0.15, 0.2) is 0 Å². The fourth-order valence-corrected chi connectivity index (χ4v) is 3.79. The van der Waals surface area contributed by atoms with Gasteiger partial charge < -0.3 is 10.2 Å². The summed E-state index contributed by atoms with van der Waals surface area (Å²) >= 11 is 1.94. The number of hydrogen-bond donors (Lipinski definition) is 1. The molecule has 2 aliphatic heterocycles. The Morgan fingerprint density at radius 2 is 2.21 bits per heavy atom. The normalized spacial score (nSPS) is 24.9. The average molecular weight is 208 g/mol. The summed E-state index contributed by atoms with van der Waals surface area (Å²) < 4.78 is 0. The van der Waals surface area contributed by atoms with Gasteiger partial charge in [0.25, 0.3) is 0 Å². The van der Waals surface area contributed by atoms with Gasteiger partial charge in [0, 0.05) is 22.5 Å². The van der Waals surface area contributed by atoms with E-state index in [1.165, 1.54) is 38.2 Å². The van der Waals surface area contributed by atoms with E-state index in [1.54, 1.807) is 4.88 Å². The first-order chi connectivity index (χ1) is 6.80. The molecule has 3 heterocycles. The molecule has 1 fully saturated rings. The van der Waals surface area contributed by atoms with Crippen molar-refractivity contribution in [3.63, 3.8) is 0 Å². The van der Waals surface area contributed by atoms with Crippen LogP contribution in [0.15, 0.2) is 11.4 Å². The fraction of sp³-hybridized carbons (Fsp3) is 0.636. The third-order valence-corrected chi connectivity index (χ3v) is 4.87. The molecular formula is C11H16N2S. The van der Waals surface area contributed by atoms with Crippen molar-refractivity contribution in [3.05, 3.63) is 16.3 Å². The van der Waals surface area contributed by atoms with Gasteiger partial charge in [0.1, 0.15) is 0 Å². The highest BCUT2D eigenvalue weighted by Crippen LogP contribution is 2.46. The van der Waals surface area contributed by atoms with Crippen LogP contribution in [0.3, 0.4) is 0 Å². The molecule has 0 radical (unpaired) electrons. The minimum absolute atomic E-state index is 0.482. The molecule has 3 heteroatoms. The Labute approximate surface area is 88.9 Å². The quantitative estimate of drug-likeness (QED) is 0.702. The number of fused-ring (bicyclic) bond motifs is 2. The van der Waals surface area contributed by atoms with Gasteiger partial charge in [-0.15, -0.1) is 11.3 Å². The maximum atomic E-state index is 3.55. The first kappa shape index (κ1) is 8.74. The van der Waals surface area contributed by atoms with Crippen molar-refractivity contribution in [1.82, 2.24) is 4.90 Å². The Morgan fingerprint density at radius 1 is 1.43 bits per heavy atom. The Kier molecular flexibility index (Phi) is 1.86. The molecule has 1 aromatic heterocycles. The molecule has 0 atom stereocenters. The van der Waals surface area contributed by atoms with Crippen LogP contribution >= 0.6 is 11.3 Å². The van der Waals surface area contributed by atoms with Crippen molar-refractivity contribution < 1.29 is 0 Å². The molecule has 2 nitrogen and oxygen atoms in total. The van der Waals surface area contributed by atoms with Crippen LogP contribution in [0, 0.1) is 0 Å². The lowest BCUT2D eigenvalue weighted by atomic mass is 9.79. The van der Waals surface area contributed by atoms with Crippen LogP contribution in [0.2, 0.25) is 0 Å². The van der Waals surface area contributed by atoms with Gasteiger partial charge >= 0.3 is 0 Å². The van der Waals surface area contributed by atoms with Crippen LogP contribution in [0.25, 0.3) is 0 Å². The van der Waals surface area contributed by atoms with Gasteiger partial charge in [-0.1, -0.05) is 0 Å². The van der Waals surface area contributed by atoms with E-state index in [-0.39, 0.29) is 0 Å². The Hall–Kier alpha value is -0.540. The largest absolute Gasteiger partial charge is 0.383 e. The summed E-state index contributed by atoms with van der Waals surface area (Å²) in [6.07, 6.45) is 2.65. The molecule has 1 saturated heterocycles. The monoisotopic (exact) mass is 208 g/mol. The Balaban J connectivity index is 1.92. The Bertz CT molecular complexity index is 337. The summed E-state index contributed by atoms with van der Waals surface area (Å²) in [4.78, 5) is 4.06. The topological polar surface area (TPSA) is 15.3 Å². The molecule has 76 valence electrons. The maximum absolute atomic E-state index is 3.55. The molecular weight excluding hydrogens is 192 g/mol. The predicted octanol–water partition coefficient (Wildman–Crippen LogP) is 2.14. The highest BCUT2D eigenvalue weighted by Gasteiger charge is 2.41. The van der Waals surface area contributed by atoms with Crippen molar-refractivity contribution in [2.75, 3.05) is 32.0 Å². The molecule has 1 N–H and O–H groups in total. The number of likely N-dealkylation sites (tertiary alicyclic amines) is 1. The molecule has 2 aliphatic rings. The first-order valence-electron chi connectivity index (χ1n) is 5.31. The number of nitrogens with zero attached hydrogens (tertiary/aromatic N) is 1. The van der Waals surface area contributed by atoms with Crippen LogP contribution in [-0.4, -0.2) is 31.6 Å². The van der Waals surface area contributed by atoms with Crippen LogP contribution in [-0.2, 0) is 5.41 Å². The van der Waals surface area contributed by atoms with E-state index in [2.05, 4.69) is 28.7 Å². The van der Waals surface area contributed by atoms with E-state index in [9.17, 15) is 0 Å². The zero-order valence-corrected chi connectivity index (χ0v) is 9.36. The summed E-state index contributed by atoms with van der Waals surface area (Å²) in [6.45, 7) is 3.67. The van der Waals surface area contributed by atoms with E-state index >= 15 is 0 Å². The summed E-state index contributed by atoms with van der Waals surface area (Å²) in [5.74, 6) is 0. The summed E-state index contributed by atoms with van der Waals surface area (Å²) in [5.41, 5.74) is 1.88. The fourth-order valence-electron chi connectivity index (χ4n) is 2.65. The van der Waals surface area contributed by atoms with Crippen LogP contribution in [0.1, 0.15) is 17.7 Å². The van der Waals surface area contributed by atoms with Crippen molar-refractivity contribution >= 4 is 17.0 Å². The van der Waals surface area contributed by atoms with Gasteiger partial charge in [-0.25, -0.2) is 0 Å². The van der Waals surface area contributed by atoms with E-state index in [4.69, 9.17) is 0 Å². The molecule has 0 aromatic carbocycles. The lowest BCUT2D eigenvalue weighted by molar-refractivity contribution is 0.202. The number of thiophene rings is 1. The van der Waals surface area contributed by atoms with Crippen molar-refractivity contribution in [2.45, 2.75) is 18.3 Å². The molecule has 0 amide bonds. The highest BCUT2D eigenvalue weighted by molar-refractivity contribution is 7.10. The number of anilines is 1. The van der Waals surface area contributed by atoms with E-state index in [0.29, 0.717) is 5.41 Å². The second-order valence-electron chi connectivity index (χ2n) is 4.60. The number of piperidine rings is 1. The third-order valence-electron chi connectivity index (χ3n) is 3.71. The second kappa shape index (κ2) is 2.97. The van der Waals surface area contributed by atoms with Crippen LogP contribution in [0.4, 0.5) is 5.69 Å². The van der Waals surface area contributed by atoms with E-state index in [0.717, 1.165) is 0 Å². The first-order valence-corrected chi connectivity index (χ1v) is 6.19. The molecule has 0 saturated carbocycles. The molecule has 1 aromatic rings. The minimum Gasteiger partial charge on any atom is -0.383 e. The lowest BCUT2D eigenvalue weighted by Crippen LogP contribution is -2.41. The molecule has 14 heavy (non-hydrogen) atoms. The smallest absolute Gasteiger partial charge is 0.0488 e. The van der Waals surface area contributed by atoms with Gasteiger partial charge in [-0.2, -0.15) is 0 Å². The number of rotatable bonds is 0. The molecule has 3 rings (SSSR count). The highest BCUT2D eigenvalue weighted by atomic mass is 32.1. The van der Waals surface area contributed by atoms with Gasteiger partial charge in [0.2, 0.25) is 0 Å². The summed E-state index contributed by atoms with van der Waals surface area (Å²) in [7, 11) is 2.23. The van der Waals surface area contributed by atoms with Crippen LogP contribution < -0.4 is 5.32 Å². The standard InChI is InChI=1S/C11H16N2S/c1-13-5-3-11(4-6-13)8-12-9-2-7-14-10(9)11/h2,7,12H,3-6,8H2,1H3. The predicted molar refractivity (Wildman–Crippen MR) is 61.2 cm³/mol. The Morgan fingerprint density at radius 3 is 3.00 bits per heavy atom. The SMILES string of the molecule is CN1CCC2(CC1)CNc1ccsc12. The zero-order valence-electron chi connectivity index (χ0n) is 8.55. The van der Waals surface area contributed by atoms with Crippen molar-refractivity contribution in [2.24, 2.45) is 0 Å². The van der Waals surface area contributed by atoms with Crippen molar-refractivity contribution in [3.8, 4) is 0 Å². The molecule has 0 aliphatic carbocycles. The number of nitrogens with one attached hydrogen (secondary N) is 1. The minimum atomic E-state index is 0.482. The molecule has 1 spiro atoms. The average Bonchev–Trinajstić information content (AvgIpc) is 2.75. The van der Waals surface area contributed by atoms with Crippen LogP contribution in [0.5, 0.6) is 0 Å². The number of hydrogen-bond acceptors (Lipinski definition) is 3. The molecule has 0 unspecified atom stereocenters. The molecule has 0 bridgehead atoms. The third kappa shape index (κ3) is 1.12. The summed E-state index contributed by atoms with van der Waals surface area (Å²) in [6, 6.07) is 2.23. The lowest BCUT2D eigenvalue weighted by Gasteiger charge is -2.37. The maximum Gasteiger partial charge on any atom is 0.0488 e. The van der Waals surface area contributed by atoms with Gasteiger partial charge in [-0.05, 0) is 44.4 Å². The van der Waals surface area contributed by atoms with E-state index < -0.39 is 0 Å². The van der Waals surface area contributed by atoms with Gasteiger partial charge in [0.05, 0.1) is 0 Å². The second-order valence-corrected chi connectivity index (χ2v) is 5.52. The van der Waals surface area contributed by atoms with E-state index in [1.807, 2.05) is 11.3 Å². The summed E-state index contributed by atoms with van der Waals surface area (Å²) in [5, 5.41) is 5.77.